The number of amides is 1. The average molecular weight is 197 g/mol. The Morgan fingerprint density at radius 3 is 2.79 bits per heavy atom. The Hall–Kier alpha value is -1.05. The molecular weight excluding hydrogens is 178 g/mol. The molecule has 0 spiro atoms. The number of rotatable bonds is 7. The molecule has 0 aliphatic carbocycles. The van der Waals surface area contributed by atoms with Crippen LogP contribution in [0.4, 0.5) is 0 Å². The predicted octanol–water partition coefficient (Wildman–Crippen LogP) is -0.723. The van der Waals surface area contributed by atoms with E-state index in [0.717, 1.165) is 19.5 Å². The summed E-state index contributed by atoms with van der Waals surface area (Å²) in [5.74, 6) is 2.41. The molecule has 2 N–H and O–H groups in total. The molecule has 0 aliphatic rings. The van der Waals surface area contributed by atoms with E-state index >= 15 is 0 Å². The molecule has 0 saturated carbocycles. The molecule has 14 heavy (non-hydrogen) atoms. The van der Waals surface area contributed by atoms with Crippen LogP contribution in [0, 0.1) is 12.3 Å². The molecule has 0 aromatic carbocycles. The quantitative estimate of drug-likeness (QED) is 0.418. The molecule has 80 valence electrons. The minimum absolute atomic E-state index is 0.000920. The average Bonchev–Trinajstić information content (AvgIpc) is 2.13. The van der Waals surface area contributed by atoms with Crippen molar-refractivity contribution in [3.05, 3.63) is 0 Å². The second-order valence-corrected chi connectivity index (χ2v) is 3.31. The maximum Gasteiger partial charge on any atom is 0.233 e. The van der Waals surface area contributed by atoms with Crippen LogP contribution in [-0.4, -0.2) is 51.1 Å². The zero-order chi connectivity index (χ0) is 10.8. The van der Waals surface area contributed by atoms with E-state index in [1.54, 1.807) is 0 Å². The lowest BCUT2D eigenvalue weighted by Crippen LogP contribution is -2.35. The van der Waals surface area contributed by atoms with Gasteiger partial charge in [0.1, 0.15) is 0 Å². The largest absolute Gasteiger partial charge is 0.355 e. The van der Waals surface area contributed by atoms with Crippen LogP contribution in [-0.2, 0) is 4.79 Å². The SMILES string of the molecule is C#CCNCC(=O)NCCCN(C)C. The molecule has 0 radical (unpaired) electrons. The Morgan fingerprint density at radius 2 is 2.21 bits per heavy atom. The zero-order valence-electron chi connectivity index (χ0n) is 8.97. The minimum Gasteiger partial charge on any atom is -0.355 e. The van der Waals surface area contributed by atoms with E-state index in [2.05, 4.69) is 21.5 Å². The molecule has 0 aliphatic heterocycles. The highest BCUT2D eigenvalue weighted by molar-refractivity contribution is 5.77. The molecule has 1 amide bonds. The van der Waals surface area contributed by atoms with Crippen molar-refractivity contribution in [2.75, 3.05) is 40.3 Å². The fourth-order valence-electron chi connectivity index (χ4n) is 0.934. The molecule has 0 saturated heterocycles. The highest BCUT2D eigenvalue weighted by Gasteiger charge is 1.98. The molecule has 0 fully saturated rings. The summed E-state index contributed by atoms with van der Waals surface area (Å²) < 4.78 is 0. The summed E-state index contributed by atoms with van der Waals surface area (Å²) in [6, 6.07) is 0. The summed E-state index contributed by atoms with van der Waals surface area (Å²) in [4.78, 5) is 13.2. The Balaban J connectivity index is 3.23. The van der Waals surface area contributed by atoms with Gasteiger partial charge < -0.3 is 10.2 Å². The number of carbonyl (C=O) groups is 1. The van der Waals surface area contributed by atoms with Gasteiger partial charge >= 0.3 is 0 Å². The van der Waals surface area contributed by atoms with Crippen molar-refractivity contribution in [1.29, 1.82) is 0 Å². The van der Waals surface area contributed by atoms with Crippen LogP contribution >= 0.6 is 0 Å². The number of nitrogens with zero attached hydrogens (tertiary/aromatic N) is 1. The van der Waals surface area contributed by atoms with E-state index in [4.69, 9.17) is 6.42 Å². The summed E-state index contributed by atoms with van der Waals surface area (Å²) in [6.07, 6.45) is 5.99. The van der Waals surface area contributed by atoms with Crippen molar-refractivity contribution in [1.82, 2.24) is 15.5 Å². The molecule has 0 aromatic heterocycles. The standard InChI is InChI=1S/C10H19N3O/c1-4-6-11-9-10(14)12-7-5-8-13(2)3/h1,11H,5-9H2,2-3H3,(H,12,14). The lowest BCUT2D eigenvalue weighted by Gasteiger charge is -2.09. The van der Waals surface area contributed by atoms with E-state index in [-0.39, 0.29) is 5.91 Å². The summed E-state index contributed by atoms with van der Waals surface area (Å²) in [7, 11) is 4.02. The number of hydrogen-bond acceptors (Lipinski definition) is 3. The van der Waals surface area contributed by atoms with Crippen LogP contribution in [0.25, 0.3) is 0 Å². The molecule has 0 unspecified atom stereocenters. The fraction of sp³-hybridized carbons (Fsp3) is 0.700. The van der Waals surface area contributed by atoms with Gasteiger partial charge in [0.2, 0.25) is 5.91 Å². The Labute approximate surface area is 86.0 Å². The van der Waals surface area contributed by atoms with Crippen LogP contribution in [0.5, 0.6) is 0 Å². The molecule has 0 rings (SSSR count). The fourth-order valence-corrected chi connectivity index (χ4v) is 0.934. The van der Waals surface area contributed by atoms with Crippen molar-refractivity contribution in [2.45, 2.75) is 6.42 Å². The zero-order valence-corrected chi connectivity index (χ0v) is 8.97. The lowest BCUT2D eigenvalue weighted by molar-refractivity contribution is -0.120. The molecule has 0 atom stereocenters. The lowest BCUT2D eigenvalue weighted by atomic mass is 10.4. The van der Waals surface area contributed by atoms with Gasteiger partial charge in [-0.05, 0) is 27.1 Å². The van der Waals surface area contributed by atoms with Gasteiger partial charge in [-0.15, -0.1) is 6.42 Å². The third kappa shape index (κ3) is 9.04. The summed E-state index contributed by atoms with van der Waals surface area (Å²) in [6.45, 7) is 2.43. The van der Waals surface area contributed by atoms with Crippen LogP contribution in [0.3, 0.4) is 0 Å². The van der Waals surface area contributed by atoms with E-state index in [9.17, 15) is 4.79 Å². The van der Waals surface area contributed by atoms with Gasteiger partial charge in [-0.2, -0.15) is 0 Å². The van der Waals surface area contributed by atoms with Gasteiger partial charge in [0.05, 0.1) is 13.1 Å². The van der Waals surface area contributed by atoms with Crippen LogP contribution in [0.2, 0.25) is 0 Å². The van der Waals surface area contributed by atoms with Gasteiger partial charge in [0.25, 0.3) is 0 Å². The Morgan fingerprint density at radius 1 is 1.50 bits per heavy atom. The van der Waals surface area contributed by atoms with Crippen LogP contribution < -0.4 is 10.6 Å². The van der Waals surface area contributed by atoms with Gasteiger partial charge in [-0.1, -0.05) is 5.92 Å². The Kier molecular flexibility index (Phi) is 7.90. The third-order valence-electron chi connectivity index (χ3n) is 1.62. The maximum atomic E-state index is 11.1. The normalized spacial score (nSPS) is 9.86. The first-order valence-corrected chi connectivity index (χ1v) is 4.72. The Bertz CT molecular complexity index is 196. The smallest absolute Gasteiger partial charge is 0.233 e. The number of nitrogens with one attached hydrogen (secondary N) is 2. The number of terminal acetylenes is 1. The van der Waals surface area contributed by atoms with Crippen molar-refractivity contribution in [3.8, 4) is 12.3 Å². The minimum atomic E-state index is -0.000920. The van der Waals surface area contributed by atoms with Gasteiger partial charge in [-0.25, -0.2) is 0 Å². The van der Waals surface area contributed by atoms with Crippen molar-refractivity contribution < 1.29 is 4.79 Å². The van der Waals surface area contributed by atoms with Crippen LogP contribution in [0.15, 0.2) is 0 Å². The second kappa shape index (κ2) is 8.54. The highest BCUT2D eigenvalue weighted by atomic mass is 16.1. The van der Waals surface area contributed by atoms with Gasteiger partial charge in [0, 0.05) is 6.54 Å². The predicted molar refractivity (Wildman–Crippen MR) is 57.9 cm³/mol. The molecule has 0 bridgehead atoms. The van der Waals surface area contributed by atoms with Crippen LogP contribution in [0.1, 0.15) is 6.42 Å². The molecular formula is C10H19N3O. The first-order chi connectivity index (χ1) is 6.66. The first kappa shape index (κ1) is 12.9. The summed E-state index contributed by atoms with van der Waals surface area (Å²) in [5.41, 5.74) is 0. The molecule has 0 aromatic rings. The third-order valence-corrected chi connectivity index (χ3v) is 1.62. The molecule has 4 nitrogen and oxygen atoms in total. The van der Waals surface area contributed by atoms with E-state index in [1.165, 1.54) is 0 Å². The van der Waals surface area contributed by atoms with Gasteiger partial charge in [0.15, 0.2) is 0 Å². The van der Waals surface area contributed by atoms with Crippen molar-refractivity contribution in [2.24, 2.45) is 0 Å². The number of carbonyl (C=O) groups excluding carboxylic acids is 1. The van der Waals surface area contributed by atoms with Gasteiger partial charge in [-0.3, -0.25) is 10.1 Å². The van der Waals surface area contributed by atoms with Crippen molar-refractivity contribution >= 4 is 5.91 Å². The van der Waals surface area contributed by atoms with Crippen molar-refractivity contribution in [3.63, 3.8) is 0 Å². The molecule has 4 heteroatoms. The second-order valence-electron chi connectivity index (χ2n) is 3.31. The molecule has 0 heterocycles. The topological polar surface area (TPSA) is 44.4 Å². The first-order valence-electron chi connectivity index (χ1n) is 4.72. The highest BCUT2D eigenvalue weighted by Crippen LogP contribution is 1.80. The number of hydrogen-bond donors (Lipinski definition) is 2. The van der Waals surface area contributed by atoms with E-state index in [1.807, 2.05) is 14.1 Å². The monoisotopic (exact) mass is 197 g/mol. The van der Waals surface area contributed by atoms with E-state index in [0.29, 0.717) is 13.1 Å². The summed E-state index contributed by atoms with van der Waals surface area (Å²) >= 11 is 0. The van der Waals surface area contributed by atoms with E-state index < -0.39 is 0 Å². The summed E-state index contributed by atoms with van der Waals surface area (Å²) in [5, 5.41) is 5.63. The maximum absolute atomic E-state index is 11.1.